The summed E-state index contributed by atoms with van der Waals surface area (Å²) in [6, 6.07) is 0. The minimum absolute atomic E-state index is 0.271. The van der Waals surface area contributed by atoms with E-state index in [1.807, 2.05) is 26.7 Å². The van der Waals surface area contributed by atoms with Crippen molar-refractivity contribution in [2.45, 2.75) is 32.8 Å². The summed E-state index contributed by atoms with van der Waals surface area (Å²) in [7, 11) is 0. The van der Waals surface area contributed by atoms with Crippen molar-refractivity contribution in [3.63, 3.8) is 0 Å². The van der Waals surface area contributed by atoms with Gasteiger partial charge in [-0.3, -0.25) is 4.84 Å². The van der Waals surface area contributed by atoms with E-state index in [1.54, 1.807) is 5.06 Å². The second-order valence-electron chi connectivity index (χ2n) is 4.38. The molecule has 1 aliphatic heterocycles. The van der Waals surface area contributed by atoms with Crippen molar-refractivity contribution in [1.29, 1.82) is 0 Å². The largest absolute Gasteiger partial charge is 0.310 e. The molecule has 0 atom stereocenters. The molecule has 1 N–H and O–H groups in total. The lowest BCUT2D eigenvalue weighted by Gasteiger charge is -2.30. The SMILES string of the molecule is CC(C)(C)ON1CCCNCC1=C=O. The molecule has 0 spiro atoms. The lowest BCUT2D eigenvalue weighted by atomic mass is 10.2. The molecule has 0 aromatic rings. The molecule has 1 saturated heterocycles. The summed E-state index contributed by atoms with van der Waals surface area (Å²) in [5, 5.41) is 4.80. The quantitative estimate of drug-likeness (QED) is 0.631. The van der Waals surface area contributed by atoms with Crippen LogP contribution in [0.3, 0.4) is 0 Å². The van der Waals surface area contributed by atoms with E-state index in [0.717, 1.165) is 19.5 Å². The molecule has 4 heteroatoms. The zero-order chi connectivity index (χ0) is 10.6. The molecule has 0 unspecified atom stereocenters. The summed E-state index contributed by atoms with van der Waals surface area (Å²) in [5.41, 5.74) is 0.282. The molecular formula is C10H18N2O2. The van der Waals surface area contributed by atoms with Gasteiger partial charge in [0.15, 0.2) is 0 Å². The topological polar surface area (TPSA) is 41.6 Å². The molecule has 0 aromatic heterocycles. The molecule has 0 aromatic carbocycles. The van der Waals surface area contributed by atoms with E-state index in [4.69, 9.17) is 4.84 Å². The number of hydrogen-bond donors (Lipinski definition) is 1. The maximum atomic E-state index is 10.7. The van der Waals surface area contributed by atoms with Gasteiger partial charge in [-0.1, -0.05) is 0 Å². The Bertz CT molecular complexity index is 239. The van der Waals surface area contributed by atoms with Crippen molar-refractivity contribution in [1.82, 2.24) is 10.4 Å². The molecule has 14 heavy (non-hydrogen) atoms. The van der Waals surface area contributed by atoms with Crippen molar-refractivity contribution < 1.29 is 9.63 Å². The molecule has 1 fully saturated rings. The van der Waals surface area contributed by atoms with Gasteiger partial charge in [-0.25, -0.2) is 9.86 Å². The monoisotopic (exact) mass is 198 g/mol. The third-order valence-corrected chi connectivity index (χ3v) is 1.81. The number of nitrogens with one attached hydrogen (secondary N) is 1. The van der Waals surface area contributed by atoms with Gasteiger partial charge >= 0.3 is 0 Å². The van der Waals surface area contributed by atoms with Crippen molar-refractivity contribution in [3.05, 3.63) is 5.70 Å². The van der Waals surface area contributed by atoms with Crippen molar-refractivity contribution in [2.24, 2.45) is 0 Å². The van der Waals surface area contributed by atoms with Gasteiger partial charge in [0.25, 0.3) is 0 Å². The van der Waals surface area contributed by atoms with Gasteiger partial charge in [0.05, 0.1) is 5.60 Å². The fourth-order valence-corrected chi connectivity index (χ4v) is 1.30. The van der Waals surface area contributed by atoms with Crippen LogP contribution in [0, 0.1) is 0 Å². The van der Waals surface area contributed by atoms with Crippen LogP contribution in [0.25, 0.3) is 0 Å². The van der Waals surface area contributed by atoms with Crippen molar-refractivity contribution in [3.8, 4) is 0 Å². The number of carbonyl (C=O) groups excluding carboxylic acids is 1. The van der Waals surface area contributed by atoms with Gasteiger partial charge in [-0.15, -0.1) is 0 Å². The maximum Gasteiger partial charge on any atom is 0.149 e. The van der Waals surface area contributed by atoms with Crippen LogP contribution < -0.4 is 5.32 Å². The Balaban J connectivity index is 2.67. The smallest absolute Gasteiger partial charge is 0.149 e. The van der Waals surface area contributed by atoms with Gasteiger partial charge in [-0.05, 0) is 33.7 Å². The van der Waals surface area contributed by atoms with Crippen molar-refractivity contribution in [2.75, 3.05) is 19.6 Å². The molecular weight excluding hydrogens is 180 g/mol. The average Bonchev–Trinajstić information content (AvgIpc) is 2.27. The molecule has 1 heterocycles. The summed E-state index contributed by atoms with van der Waals surface area (Å²) in [4.78, 5) is 16.3. The van der Waals surface area contributed by atoms with Crippen LogP contribution in [0.4, 0.5) is 0 Å². The van der Waals surface area contributed by atoms with E-state index in [9.17, 15) is 4.79 Å². The van der Waals surface area contributed by atoms with Gasteiger partial charge in [-0.2, -0.15) is 0 Å². The van der Waals surface area contributed by atoms with Crippen LogP contribution >= 0.6 is 0 Å². The Hall–Kier alpha value is -0.830. The Morgan fingerprint density at radius 2 is 2.21 bits per heavy atom. The third kappa shape index (κ3) is 3.50. The lowest BCUT2D eigenvalue weighted by Crippen LogP contribution is -2.35. The fourth-order valence-electron chi connectivity index (χ4n) is 1.30. The number of hydroxylamine groups is 2. The van der Waals surface area contributed by atoms with Crippen LogP contribution in [0.15, 0.2) is 5.70 Å². The van der Waals surface area contributed by atoms with E-state index < -0.39 is 0 Å². The van der Waals surface area contributed by atoms with E-state index in [2.05, 4.69) is 5.32 Å². The van der Waals surface area contributed by atoms with Crippen LogP contribution in [0.5, 0.6) is 0 Å². The standard InChI is InChI=1S/C10H18N2O2/c1-10(2,3)14-12-6-4-5-11-7-9(12)8-13/h11H,4-7H2,1-3H3. The lowest BCUT2D eigenvalue weighted by molar-refractivity contribution is -0.205. The van der Waals surface area contributed by atoms with E-state index in [0.29, 0.717) is 12.2 Å². The van der Waals surface area contributed by atoms with Crippen molar-refractivity contribution >= 4 is 5.94 Å². The zero-order valence-electron chi connectivity index (χ0n) is 9.09. The first kappa shape index (κ1) is 11.2. The van der Waals surface area contributed by atoms with Crippen LogP contribution in [-0.2, 0) is 9.63 Å². The maximum absolute atomic E-state index is 10.7. The molecule has 4 nitrogen and oxygen atoms in total. The minimum Gasteiger partial charge on any atom is -0.310 e. The van der Waals surface area contributed by atoms with Gasteiger partial charge < -0.3 is 5.32 Å². The van der Waals surface area contributed by atoms with E-state index >= 15 is 0 Å². The highest BCUT2D eigenvalue weighted by atomic mass is 16.7. The highest BCUT2D eigenvalue weighted by Crippen LogP contribution is 2.15. The molecule has 0 saturated carbocycles. The van der Waals surface area contributed by atoms with E-state index in [1.165, 1.54) is 0 Å². The molecule has 1 aliphatic rings. The normalized spacial score (nSPS) is 19.1. The predicted octanol–water partition coefficient (Wildman–Crippen LogP) is 0.727. The summed E-state index contributed by atoms with van der Waals surface area (Å²) in [5.74, 6) is 1.92. The third-order valence-electron chi connectivity index (χ3n) is 1.81. The van der Waals surface area contributed by atoms with Gasteiger partial charge in [0.1, 0.15) is 11.6 Å². The summed E-state index contributed by atoms with van der Waals surface area (Å²) in [6.07, 6.45) is 0.973. The molecule has 0 aliphatic carbocycles. The fraction of sp³-hybridized carbons (Fsp3) is 0.800. The Labute approximate surface area is 84.9 Å². The first-order valence-electron chi connectivity index (χ1n) is 4.94. The highest BCUT2D eigenvalue weighted by Gasteiger charge is 2.21. The predicted molar refractivity (Wildman–Crippen MR) is 54.2 cm³/mol. The van der Waals surface area contributed by atoms with E-state index in [-0.39, 0.29) is 5.60 Å². The average molecular weight is 198 g/mol. The molecule has 1 rings (SSSR count). The molecule has 80 valence electrons. The molecule has 0 bridgehead atoms. The Morgan fingerprint density at radius 1 is 1.50 bits per heavy atom. The summed E-state index contributed by atoms with van der Waals surface area (Å²) >= 11 is 0. The van der Waals surface area contributed by atoms with Crippen LogP contribution in [0.2, 0.25) is 0 Å². The summed E-state index contributed by atoms with van der Waals surface area (Å²) < 4.78 is 0. The summed E-state index contributed by atoms with van der Waals surface area (Å²) in [6.45, 7) is 8.10. The molecule has 0 amide bonds. The zero-order valence-corrected chi connectivity index (χ0v) is 9.09. The molecule has 0 radical (unpaired) electrons. The Kier molecular flexibility index (Phi) is 3.69. The number of nitrogens with zero attached hydrogens (tertiary/aromatic N) is 1. The number of hydrogen-bond acceptors (Lipinski definition) is 4. The Morgan fingerprint density at radius 3 is 2.79 bits per heavy atom. The first-order valence-corrected chi connectivity index (χ1v) is 4.94. The second-order valence-corrected chi connectivity index (χ2v) is 4.38. The van der Waals surface area contributed by atoms with Gasteiger partial charge in [0.2, 0.25) is 0 Å². The minimum atomic E-state index is -0.271. The highest BCUT2D eigenvalue weighted by molar-refractivity contribution is 5.51. The van der Waals surface area contributed by atoms with Crippen LogP contribution in [0.1, 0.15) is 27.2 Å². The first-order chi connectivity index (χ1) is 6.53. The van der Waals surface area contributed by atoms with Gasteiger partial charge in [0, 0.05) is 13.1 Å². The van der Waals surface area contributed by atoms with Crippen LogP contribution in [-0.4, -0.2) is 36.2 Å². The number of rotatable bonds is 1. The second kappa shape index (κ2) is 4.60.